The first-order valence-electron chi connectivity index (χ1n) is 9.43. The minimum atomic E-state index is 0. The largest absolute Gasteiger partial charge is 0.357 e. The molecule has 1 amide bonds. The second kappa shape index (κ2) is 11.2. The van der Waals surface area contributed by atoms with E-state index in [4.69, 9.17) is 4.99 Å². The van der Waals surface area contributed by atoms with E-state index in [1.165, 1.54) is 5.56 Å². The average Bonchev–Trinajstić information content (AvgIpc) is 3.44. The second-order valence-corrected chi connectivity index (χ2v) is 7.82. The summed E-state index contributed by atoms with van der Waals surface area (Å²) in [6, 6.07) is 8.71. The van der Waals surface area contributed by atoms with Gasteiger partial charge in [-0.25, -0.2) is 4.99 Å². The molecule has 0 aromatic heterocycles. The third kappa shape index (κ3) is 7.57. The van der Waals surface area contributed by atoms with Crippen molar-refractivity contribution in [1.29, 1.82) is 0 Å². The van der Waals surface area contributed by atoms with E-state index in [0.717, 1.165) is 56.0 Å². The molecule has 1 saturated carbocycles. The van der Waals surface area contributed by atoms with Crippen molar-refractivity contribution in [3.63, 3.8) is 0 Å². The zero-order valence-electron chi connectivity index (χ0n) is 15.8. The van der Waals surface area contributed by atoms with Gasteiger partial charge in [-0.05, 0) is 37.5 Å². The molecule has 0 spiro atoms. The normalized spacial score (nSPS) is 18.0. The van der Waals surface area contributed by atoms with E-state index < -0.39 is 0 Å². The predicted molar refractivity (Wildman–Crippen MR) is 124 cm³/mol. The van der Waals surface area contributed by atoms with E-state index in [1.807, 2.05) is 12.1 Å². The lowest BCUT2D eigenvalue weighted by atomic mass is 10.2. The van der Waals surface area contributed by atoms with Crippen molar-refractivity contribution in [2.45, 2.75) is 32.4 Å². The topological polar surface area (TPSA) is 60.0 Å². The van der Waals surface area contributed by atoms with Crippen LogP contribution in [0.2, 0.25) is 0 Å². The number of guanidine groups is 1. The van der Waals surface area contributed by atoms with Gasteiger partial charge in [0.15, 0.2) is 5.96 Å². The van der Waals surface area contributed by atoms with Gasteiger partial charge in [0.1, 0.15) is 0 Å². The molecule has 0 atom stereocenters. The number of halogens is 2. The first-order chi connectivity index (χ1) is 12.6. The van der Waals surface area contributed by atoms with Gasteiger partial charge in [-0.3, -0.25) is 9.69 Å². The maximum Gasteiger partial charge on any atom is 0.234 e. The third-order valence-electron chi connectivity index (χ3n) is 4.64. The number of hydrogen-bond acceptors (Lipinski definition) is 3. The van der Waals surface area contributed by atoms with Gasteiger partial charge in [-0.2, -0.15) is 0 Å². The second-order valence-electron chi connectivity index (χ2n) is 6.90. The third-order valence-corrected chi connectivity index (χ3v) is 5.17. The lowest BCUT2D eigenvalue weighted by Crippen LogP contribution is -2.54. The number of nitrogens with one attached hydrogen (secondary N) is 2. The zero-order valence-corrected chi connectivity index (χ0v) is 19.7. The molecule has 6 nitrogen and oxygen atoms in total. The van der Waals surface area contributed by atoms with E-state index >= 15 is 0 Å². The molecule has 8 heteroatoms. The van der Waals surface area contributed by atoms with Crippen molar-refractivity contribution in [1.82, 2.24) is 20.4 Å². The quantitative estimate of drug-likeness (QED) is 0.325. The van der Waals surface area contributed by atoms with Crippen molar-refractivity contribution in [2.24, 2.45) is 4.99 Å². The van der Waals surface area contributed by atoms with Crippen LogP contribution >= 0.6 is 39.9 Å². The zero-order chi connectivity index (χ0) is 18.4. The fourth-order valence-corrected chi connectivity index (χ4v) is 3.27. The summed E-state index contributed by atoms with van der Waals surface area (Å²) in [6.07, 6.45) is 2.28. The molecule has 27 heavy (non-hydrogen) atoms. The monoisotopic (exact) mass is 549 g/mol. The molecule has 1 aliphatic carbocycles. The maximum atomic E-state index is 12.0. The number of nitrogens with zero attached hydrogens (tertiary/aromatic N) is 3. The number of amides is 1. The number of piperazine rings is 1. The van der Waals surface area contributed by atoms with Crippen LogP contribution in [0, 0.1) is 0 Å². The van der Waals surface area contributed by atoms with Gasteiger partial charge in [-0.15, -0.1) is 24.0 Å². The fourth-order valence-electron chi connectivity index (χ4n) is 3.00. The van der Waals surface area contributed by atoms with Crippen molar-refractivity contribution in [3.05, 3.63) is 34.3 Å². The van der Waals surface area contributed by atoms with E-state index in [9.17, 15) is 4.79 Å². The Morgan fingerprint density at radius 2 is 1.85 bits per heavy atom. The van der Waals surface area contributed by atoms with E-state index in [2.05, 4.69) is 55.4 Å². The Kier molecular flexibility index (Phi) is 9.31. The van der Waals surface area contributed by atoms with Crippen molar-refractivity contribution in [3.8, 4) is 0 Å². The Hall–Kier alpha value is -0.870. The van der Waals surface area contributed by atoms with E-state index in [1.54, 1.807) is 0 Å². The molecule has 1 aliphatic heterocycles. The highest BCUT2D eigenvalue weighted by Crippen LogP contribution is 2.18. The lowest BCUT2D eigenvalue weighted by Gasteiger charge is -2.36. The smallest absolute Gasteiger partial charge is 0.234 e. The SMILES string of the molecule is CCNC(=NCc1ccc(Br)cc1)N1CCN(CC(=O)NC2CC2)CC1.I. The van der Waals surface area contributed by atoms with Crippen LogP contribution in [0.4, 0.5) is 0 Å². The number of carbonyl (C=O) groups is 1. The summed E-state index contributed by atoms with van der Waals surface area (Å²) in [5.74, 6) is 1.12. The number of rotatable bonds is 6. The summed E-state index contributed by atoms with van der Waals surface area (Å²) in [5, 5.41) is 6.46. The molecule has 2 fully saturated rings. The Morgan fingerprint density at radius 3 is 2.44 bits per heavy atom. The van der Waals surface area contributed by atoms with Crippen LogP contribution in [0.1, 0.15) is 25.3 Å². The molecule has 1 heterocycles. The predicted octanol–water partition coefficient (Wildman–Crippen LogP) is 2.43. The van der Waals surface area contributed by atoms with Crippen molar-refractivity contribution in [2.75, 3.05) is 39.3 Å². The maximum absolute atomic E-state index is 12.0. The molecule has 3 rings (SSSR count). The van der Waals surface area contributed by atoms with Crippen LogP contribution in [-0.2, 0) is 11.3 Å². The molecule has 1 aromatic carbocycles. The molecule has 1 aromatic rings. The van der Waals surface area contributed by atoms with Crippen molar-refractivity contribution < 1.29 is 4.79 Å². The van der Waals surface area contributed by atoms with Gasteiger partial charge in [0.2, 0.25) is 5.91 Å². The Balaban J connectivity index is 0.00000261. The fraction of sp³-hybridized carbons (Fsp3) is 0.579. The summed E-state index contributed by atoms with van der Waals surface area (Å²) in [7, 11) is 0. The molecular weight excluding hydrogens is 521 g/mol. The van der Waals surface area contributed by atoms with Crippen LogP contribution in [0.3, 0.4) is 0 Å². The average molecular weight is 550 g/mol. The van der Waals surface area contributed by atoms with Gasteiger partial charge in [0, 0.05) is 43.2 Å². The summed E-state index contributed by atoms with van der Waals surface area (Å²) in [6.45, 7) is 7.68. The summed E-state index contributed by atoms with van der Waals surface area (Å²) in [5.41, 5.74) is 1.19. The molecule has 2 aliphatic rings. The standard InChI is InChI=1S/C19H28BrN5O.HI/c1-2-21-19(22-13-15-3-5-16(20)6-4-15)25-11-9-24(10-12-25)14-18(26)23-17-7-8-17;/h3-6,17H,2,7-14H2,1H3,(H,21,22)(H,23,26);1H. The first kappa shape index (κ1) is 22.4. The highest BCUT2D eigenvalue weighted by Gasteiger charge is 2.25. The summed E-state index contributed by atoms with van der Waals surface area (Å²) >= 11 is 3.46. The molecular formula is C19H29BrIN5O. The molecule has 0 unspecified atom stereocenters. The number of aliphatic imine (C=N–C) groups is 1. The van der Waals surface area contributed by atoms with E-state index in [0.29, 0.717) is 19.1 Å². The Labute approximate surface area is 187 Å². The first-order valence-corrected chi connectivity index (χ1v) is 10.2. The van der Waals surface area contributed by atoms with E-state index in [-0.39, 0.29) is 29.9 Å². The van der Waals surface area contributed by atoms with Gasteiger partial charge >= 0.3 is 0 Å². The molecule has 1 saturated heterocycles. The molecule has 2 N–H and O–H groups in total. The highest BCUT2D eigenvalue weighted by molar-refractivity contribution is 14.0. The Morgan fingerprint density at radius 1 is 1.19 bits per heavy atom. The summed E-state index contributed by atoms with van der Waals surface area (Å²) < 4.78 is 1.08. The van der Waals surface area contributed by atoms with Crippen molar-refractivity contribution >= 4 is 51.8 Å². The van der Waals surface area contributed by atoms with Gasteiger partial charge in [0.05, 0.1) is 13.1 Å². The summed E-state index contributed by atoms with van der Waals surface area (Å²) in [4.78, 5) is 21.3. The number of carbonyl (C=O) groups excluding carboxylic acids is 1. The van der Waals surface area contributed by atoms with Gasteiger partial charge < -0.3 is 15.5 Å². The minimum absolute atomic E-state index is 0. The number of benzene rings is 1. The minimum Gasteiger partial charge on any atom is -0.357 e. The van der Waals surface area contributed by atoms with Gasteiger partial charge in [-0.1, -0.05) is 28.1 Å². The van der Waals surface area contributed by atoms with Crippen LogP contribution in [-0.4, -0.2) is 67.0 Å². The van der Waals surface area contributed by atoms with Crippen LogP contribution < -0.4 is 10.6 Å². The van der Waals surface area contributed by atoms with Crippen LogP contribution in [0.5, 0.6) is 0 Å². The molecule has 150 valence electrons. The Bertz CT molecular complexity index is 627. The number of hydrogen-bond donors (Lipinski definition) is 2. The molecule has 0 bridgehead atoms. The van der Waals surface area contributed by atoms with Gasteiger partial charge in [0.25, 0.3) is 0 Å². The highest BCUT2D eigenvalue weighted by atomic mass is 127. The van der Waals surface area contributed by atoms with Crippen LogP contribution in [0.25, 0.3) is 0 Å². The lowest BCUT2D eigenvalue weighted by molar-refractivity contribution is -0.122. The van der Waals surface area contributed by atoms with Crippen LogP contribution in [0.15, 0.2) is 33.7 Å². The molecule has 0 radical (unpaired) electrons.